The number of likely N-dealkylation sites (N-methyl/N-ethyl adjacent to an activating group) is 1. The molecule has 1 N–H and O–H groups in total. The lowest BCUT2D eigenvalue weighted by molar-refractivity contribution is -0.903. The van der Waals surface area contributed by atoms with E-state index in [1.54, 1.807) is 0 Å². The quantitative estimate of drug-likeness (QED) is 0.764. The number of amides is 1. The summed E-state index contributed by atoms with van der Waals surface area (Å²) in [6.07, 6.45) is 2.20. The molecule has 1 atom stereocenters. The lowest BCUT2D eigenvalue weighted by atomic mass is 10.1. The Morgan fingerprint density at radius 1 is 1.17 bits per heavy atom. The Labute approximate surface area is 139 Å². The lowest BCUT2D eigenvalue weighted by Gasteiger charge is -2.32. The zero-order chi connectivity index (χ0) is 17.0. The average Bonchev–Trinajstić information content (AvgIpc) is 2.77. The molecule has 0 aliphatic carbocycles. The molecule has 1 aromatic rings. The highest BCUT2D eigenvalue weighted by Crippen LogP contribution is 2.14. The van der Waals surface area contributed by atoms with Crippen molar-refractivity contribution < 1.29 is 14.4 Å². The summed E-state index contributed by atoms with van der Waals surface area (Å²) in [7, 11) is 8.43. The molecule has 1 aliphatic rings. The van der Waals surface area contributed by atoms with Gasteiger partial charge in [0.15, 0.2) is 0 Å². The van der Waals surface area contributed by atoms with Crippen molar-refractivity contribution in [3.8, 4) is 0 Å². The standard InChI is InChI=1S/C18H28N3O2/c1-19(2)13-15-5-7-16(8-6-15)14-21(3,4)12-11-20-17(22)9-10-18(20)23/h5-10,17,22H,11-14H2,1-4H3/q+1. The van der Waals surface area contributed by atoms with Crippen LogP contribution in [0.4, 0.5) is 0 Å². The maximum Gasteiger partial charge on any atom is 0.248 e. The number of aliphatic hydroxyl groups excluding tert-OH is 1. The smallest absolute Gasteiger partial charge is 0.248 e. The minimum Gasteiger partial charge on any atom is -0.370 e. The van der Waals surface area contributed by atoms with Crippen molar-refractivity contribution in [2.24, 2.45) is 0 Å². The highest BCUT2D eigenvalue weighted by molar-refractivity contribution is 5.90. The van der Waals surface area contributed by atoms with Crippen molar-refractivity contribution >= 4 is 5.91 Å². The molecule has 1 amide bonds. The van der Waals surface area contributed by atoms with E-state index in [9.17, 15) is 9.90 Å². The second-order valence-electron chi connectivity index (χ2n) is 7.18. The Morgan fingerprint density at radius 2 is 1.78 bits per heavy atom. The number of hydrogen-bond acceptors (Lipinski definition) is 3. The molecule has 0 fully saturated rings. The van der Waals surface area contributed by atoms with Crippen molar-refractivity contribution in [3.63, 3.8) is 0 Å². The number of carbonyl (C=O) groups excluding carboxylic acids is 1. The Kier molecular flexibility index (Phi) is 5.57. The second kappa shape index (κ2) is 7.25. The zero-order valence-electron chi connectivity index (χ0n) is 14.6. The van der Waals surface area contributed by atoms with Gasteiger partial charge in [0.1, 0.15) is 12.8 Å². The molecule has 126 valence electrons. The first kappa shape index (κ1) is 17.7. The van der Waals surface area contributed by atoms with Gasteiger partial charge in [0.25, 0.3) is 0 Å². The fraction of sp³-hybridized carbons (Fsp3) is 0.500. The van der Waals surface area contributed by atoms with Crippen LogP contribution in [0.2, 0.25) is 0 Å². The van der Waals surface area contributed by atoms with Crippen molar-refractivity contribution in [3.05, 3.63) is 47.5 Å². The molecule has 0 bridgehead atoms. The van der Waals surface area contributed by atoms with E-state index in [1.165, 1.54) is 28.2 Å². The first-order valence-corrected chi connectivity index (χ1v) is 7.98. The van der Waals surface area contributed by atoms with Crippen molar-refractivity contribution in [1.82, 2.24) is 9.80 Å². The van der Waals surface area contributed by atoms with Gasteiger partial charge in [-0.3, -0.25) is 4.79 Å². The second-order valence-corrected chi connectivity index (χ2v) is 7.18. The lowest BCUT2D eigenvalue weighted by Crippen LogP contribution is -2.47. The minimum absolute atomic E-state index is 0.106. The van der Waals surface area contributed by atoms with Crippen LogP contribution in [0.5, 0.6) is 0 Å². The van der Waals surface area contributed by atoms with Gasteiger partial charge in [-0.2, -0.15) is 0 Å². The Morgan fingerprint density at radius 3 is 2.30 bits per heavy atom. The van der Waals surface area contributed by atoms with E-state index in [4.69, 9.17) is 0 Å². The third-order valence-corrected chi connectivity index (χ3v) is 4.09. The van der Waals surface area contributed by atoms with Crippen LogP contribution in [0.3, 0.4) is 0 Å². The van der Waals surface area contributed by atoms with Gasteiger partial charge < -0.3 is 19.4 Å². The van der Waals surface area contributed by atoms with Crippen molar-refractivity contribution in [1.29, 1.82) is 0 Å². The summed E-state index contributed by atoms with van der Waals surface area (Å²) in [6.45, 7) is 3.19. The summed E-state index contributed by atoms with van der Waals surface area (Å²) in [4.78, 5) is 15.3. The summed E-state index contributed by atoms with van der Waals surface area (Å²) in [6, 6.07) is 8.70. The fourth-order valence-corrected chi connectivity index (χ4v) is 2.81. The van der Waals surface area contributed by atoms with Gasteiger partial charge in [-0.15, -0.1) is 0 Å². The largest absolute Gasteiger partial charge is 0.370 e. The molecule has 0 radical (unpaired) electrons. The van der Waals surface area contributed by atoms with Crippen LogP contribution in [-0.4, -0.2) is 72.8 Å². The molecule has 0 aromatic heterocycles. The van der Waals surface area contributed by atoms with E-state index >= 15 is 0 Å². The number of benzene rings is 1. The molecule has 0 saturated heterocycles. The maximum atomic E-state index is 11.7. The number of quaternary nitrogens is 1. The summed E-state index contributed by atoms with van der Waals surface area (Å²) in [5.41, 5.74) is 2.59. The number of rotatable bonds is 7. The van der Waals surface area contributed by atoms with Crippen LogP contribution in [0.15, 0.2) is 36.4 Å². The maximum absolute atomic E-state index is 11.7. The number of aliphatic hydroxyl groups is 1. The number of nitrogens with zero attached hydrogens (tertiary/aromatic N) is 3. The van der Waals surface area contributed by atoms with E-state index in [-0.39, 0.29) is 5.91 Å². The predicted octanol–water partition coefficient (Wildman–Crippen LogP) is 1.04. The minimum atomic E-state index is -0.771. The van der Waals surface area contributed by atoms with E-state index in [2.05, 4.69) is 57.4 Å². The molecule has 0 spiro atoms. The fourth-order valence-electron chi connectivity index (χ4n) is 2.81. The average molecular weight is 318 g/mol. The molecule has 5 nitrogen and oxygen atoms in total. The normalized spacial score (nSPS) is 18.3. The van der Waals surface area contributed by atoms with Crippen LogP contribution in [0.25, 0.3) is 0 Å². The summed E-state index contributed by atoms with van der Waals surface area (Å²) in [5, 5.41) is 9.76. The summed E-state index contributed by atoms with van der Waals surface area (Å²) < 4.78 is 0.767. The van der Waals surface area contributed by atoms with Crippen molar-refractivity contribution in [2.75, 3.05) is 41.3 Å². The van der Waals surface area contributed by atoms with Crippen LogP contribution in [0.1, 0.15) is 11.1 Å². The highest BCUT2D eigenvalue weighted by atomic mass is 16.3. The summed E-state index contributed by atoms with van der Waals surface area (Å²) >= 11 is 0. The number of carbonyl (C=O) groups is 1. The van der Waals surface area contributed by atoms with Gasteiger partial charge in [0.2, 0.25) is 5.91 Å². The van der Waals surface area contributed by atoms with Gasteiger partial charge in [0.05, 0.1) is 27.2 Å². The van der Waals surface area contributed by atoms with Gasteiger partial charge in [-0.25, -0.2) is 0 Å². The molecule has 0 saturated carbocycles. The Hall–Kier alpha value is -1.69. The predicted molar refractivity (Wildman–Crippen MR) is 91.4 cm³/mol. The molecular weight excluding hydrogens is 290 g/mol. The first-order valence-electron chi connectivity index (χ1n) is 7.98. The Bertz CT molecular complexity index is 564. The molecule has 23 heavy (non-hydrogen) atoms. The molecule has 5 heteroatoms. The third kappa shape index (κ3) is 5.16. The van der Waals surface area contributed by atoms with Crippen LogP contribution in [0, 0.1) is 0 Å². The topological polar surface area (TPSA) is 43.8 Å². The highest BCUT2D eigenvalue weighted by Gasteiger charge is 2.26. The zero-order valence-corrected chi connectivity index (χ0v) is 14.6. The molecule has 2 rings (SSSR count). The van der Waals surface area contributed by atoms with Gasteiger partial charge >= 0.3 is 0 Å². The van der Waals surface area contributed by atoms with Crippen molar-refractivity contribution in [2.45, 2.75) is 19.3 Å². The molecule has 1 aromatic carbocycles. The van der Waals surface area contributed by atoms with Crippen LogP contribution in [-0.2, 0) is 17.9 Å². The summed E-state index contributed by atoms with van der Waals surface area (Å²) in [5.74, 6) is -0.106. The molecule has 1 heterocycles. The van der Waals surface area contributed by atoms with E-state index in [0.29, 0.717) is 6.54 Å². The third-order valence-electron chi connectivity index (χ3n) is 4.09. The van der Waals surface area contributed by atoms with Gasteiger partial charge in [0, 0.05) is 18.2 Å². The van der Waals surface area contributed by atoms with E-state index in [0.717, 1.165) is 24.1 Å². The van der Waals surface area contributed by atoms with Crippen LogP contribution >= 0.6 is 0 Å². The number of hydrogen-bond donors (Lipinski definition) is 1. The van der Waals surface area contributed by atoms with E-state index in [1.807, 2.05) is 0 Å². The molecule has 1 unspecified atom stereocenters. The van der Waals surface area contributed by atoms with E-state index < -0.39 is 6.23 Å². The SMILES string of the molecule is CN(C)Cc1ccc(C[N+](C)(C)CCN2C(=O)C=CC2O)cc1. The first-order chi connectivity index (χ1) is 10.8. The monoisotopic (exact) mass is 318 g/mol. The molecular formula is C18H28N3O2+. The van der Waals surface area contributed by atoms with Crippen LogP contribution < -0.4 is 0 Å². The van der Waals surface area contributed by atoms with Gasteiger partial charge in [-0.05, 0) is 25.7 Å². The molecule has 1 aliphatic heterocycles. The van der Waals surface area contributed by atoms with Gasteiger partial charge in [-0.1, -0.05) is 24.3 Å². The Balaban J connectivity index is 1.89.